The Labute approximate surface area is 197 Å². The molecular weight excluding hydrogens is 416 g/mol. The van der Waals surface area contributed by atoms with Gasteiger partial charge in [-0.15, -0.1) is 0 Å². The lowest BCUT2D eigenvalue weighted by molar-refractivity contribution is -0.117. The number of anilines is 2. The van der Waals surface area contributed by atoms with Gasteiger partial charge in [0.05, 0.1) is 20.8 Å². The van der Waals surface area contributed by atoms with Crippen molar-refractivity contribution in [3.8, 4) is 11.5 Å². The number of nitrogens with zero attached hydrogens (tertiary/aromatic N) is 3. The summed E-state index contributed by atoms with van der Waals surface area (Å²) in [6.45, 7) is 9.26. The molecule has 2 aromatic carbocycles. The van der Waals surface area contributed by atoms with E-state index in [0.717, 1.165) is 68.6 Å². The number of hydrogen-bond acceptors (Lipinski definition) is 6. The zero-order chi connectivity index (χ0) is 23.2. The van der Waals surface area contributed by atoms with Gasteiger partial charge >= 0.3 is 0 Å². The quantitative estimate of drug-likeness (QED) is 0.663. The largest absolute Gasteiger partial charge is 0.493 e. The number of hydrogen-bond donors (Lipinski definition) is 1. The second-order valence-corrected chi connectivity index (χ2v) is 8.98. The van der Waals surface area contributed by atoms with Crippen LogP contribution in [0.25, 0.3) is 0 Å². The topological polar surface area (TPSA) is 57.3 Å². The molecule has 0 aliphatic carbocycles. The molecule has 0 atom stereocenters. The van der Waals surface area contributed by atoms with Gasteiger partial charge < -0.3 is 19.7 Å². The highest BCUT2D eigenvalue weighted by Crippen LogP contribution is 2.28. The summed E-state index contributed by atoms with van der Waals surface area (Å²) in [6, 6.07) is 12.4. The van der Waals surface area contributed by atoms with Gasteiger partial charge in [0.25, 0.3) is 0 Å². The zero-order valence-corrected chi connectivity index (χ0v) is 20.1. The number of nitrogens with one attached hydrogen (secondary N) is 1. The van der Waals surface area contributed by atoms with Crippen LogP contribution in [-0.2, 0) is 11.3 Å². The van der Waals surface area contributed by atoms with Crippen LogP contribution >= 0.6 is 0 Å². The van der Waals surface area contributed by atoms with Crippen molar-refractivity contribution >= 4 is 17.3 Å². The summed E-state index contributed by atoms with van der Waals surface area (Å²) < 4.78 is 10.7. The summed E-state index contributed by atoms with van der Waals surface area (Å²) >= 11 is 0. The molecule has 4 rings (SSSR count). The molecule has 2 saturated heterocycles. The predicted molar refractivity (Wildman–Crippen MR) is 133 cm³/mol. The highest BCUT2D eigenvalue weighted by atomic mass is 16.5. The first-order valence-corrected chi connectivity index (χ1v) is 11.9. The fourth-order valence-electron chi connectivity index (χ4n) is 4.70. The van der Waals surface area contributed by atoms with E-state index in [4.69, 9.17) is 9.47 Å². The third-order valence-electron chi connectivity index (χ3n) is 6.64. The van der Waals surface area contributed by atoms with Crippen LogP contribution in [0, 0.1) is 6.92 Å². The van der Waals surface area contributed by atoms with Crippen LogP contribution in [0.2, 0.25) is 0 Å². The maximum Gasteiger partial charge on any atom is 0.238 e. The van der Waals surface area contributed by atoms with E-state index >= 15 is 0 Å². The zero-order valence-electron chi connectivity index (χ0n) is 20.1. The minimum atomic E-state index is 0.0559. The summed E-state index contributed by atoms with van der Waals surface area (Å²) in [5, 5.41) is 3.11. The average Bonchev–Trinajstić information content (AvgIpc) is 3.36. The van der Waals surface area contributed by atoms with Crippen molar-refractivity contribution < 1.29 is 14.3 Å². The maximum atomic E-state index is 12.7. The van der Waals surface area contributed by atoms with Gasteiger partial charge in [0.15, 0.2) is 11.5 Å². The van der Waals surface area contributed by atoms with E-state index < -0.39 is 0 Å². The van der Waals surface area contributed by atoms with Crippen LogP contribution in [0.1, 0.15) is 24.0 Å². The Kier molecular flexibility index (Phi) is 7.73. The molecule has 0 aromatic heterocycles. The number of benzene rings is 2. The fraction of sp³-hybridized carbons (Fsp3) is 0.500. The molecule has 0 bridgehead atoms. The van der Waals surface area contributed by atoms with E-state index in [1.54, 1.807) is 14.2 Å². The van der Waals surface area contributed by atoms with Crippen molar-refractivity contribution in [3.05, 3.63) is 47.5 Å². The molecular formula is C26H36N4O3. The Bertz CT molecular complexity index is 951. The molecule has 2 heterocycles. The molecule has 0 saturated carbocycles. The van der Waals surface area contributed by atoms with Gasteiger partial charge in [-0.3, -0.25) is 14.6 Å². The van der Waals surface area contributed by atoms with Crippen LogP contribution in [-0.4, -0.2) is 75.7 Å². The van der Waals surface area contributed by atoms with Crippen molar-refractivity contribution in [3.63, 3.8) is 0 Å². The number of rotatable bonds is 8. The summed E-state index contributed by atoms with van der Waals surface area (Å²) in [6.07, 6.45) is 2.53. The predicted octanol–water partition coefficient (Wildman–Crippen LogP) is 3.37. The molecule has 2 aromatic rings. The molecule has 7 heteroatoms. The van der Waals surface area contributed by atoms with Crippen LogP contribution in [0.5, 0.6) is 11.5 Å². The van der Waals surface area contributed by atoms with Gasteiger partial charge in [-0.2, -0.15) is 0 Å². The number of piperazine rings is 1. The molecule has 33 heavy (non-hydrogen) atoms. The number of carbonyl (C=O) groups is 1. The Hall–Kier alpha value is -2.77. The summed E-state index contributed by atoms with van der Waals surface area (Å²) in [7, 11) is 3.31. The number of ether oxygens (including phenoxy) is 2. The highest BCUT2D eigenvalue weighted by molar-refractivity contribution is 5.93. The van der Waals surface area contributed by atoms with E-state index in [0.29, 0.717) is 6.54 Å². The van der Waals surface area contributed by atoms with Crippen LogP contribution in [0.4, 0.5) is 11.4 Å². The summed E-state index contributed by atoms with van der Waals surface area (Å²) in [5.74, 6) is 1.56. The number of aryl methyl sites for hydroxylation is 1. The minimum Gasteiger partial charge on any atom is -0.493 e. The minimum absolute atomic E-state index is 0.0559. The molecule has 0 unspecified atom stereocenters. The second-order valence-electron chi connectivity index (χ2n) is 8.98. The maximum absolute atomic E-state index is 12.7. The van der Waals surface area contributed by atoms with Gasteiger partial charge in [0, 0.05) is 57.2 Å². The highest BCUT2D eigenvalue weighted by Gasteiger charge is 2.20. The average molecular weight is 453 g/mol. The van der Waals surface area contributed by atoms with E-state index in [9.17, 15) is 4.79 Å². The second kappa shape index (κ2) is 10.9. The number of methoxy groups -OCH3 is 2. The molecule has 7 nitrogen and oxygen atoms in total. The smallest absolute Gasteiger partial charge is 0.238 e. The molecule has 1 amide bonds. The number of carbonyl (C=O) groups excluding carboxylic acids is 1. The van der Waals surface area contributed by atoms with Gasteiger partial charge in [-0.1, -0.05) is 6.07 Å². The van der Waals surface area contributed by atoms with E-state index in [1.807, 2.05) is 18.2 Å². The first kappa shape index (κ1) is 23.4. The summed E-state index contributed by atoms with van der Waals surface area (Å²) in [5.41, 5.74) is 4.49. The first-order chi connectivity index (χ1) is 16.1. The normalized spacial score (nSPS) is 17.2. The SMILES string of the molecule is COc1ccc(CN2CCN(CC(=O)Nc3ccc(N4CCCC4)cc3C)CC2)cc1OC. The molecule has 2 aliphatic heterocycles. The molecule has 0 radical (unpaired) electrons. The van der Waals surface area contributed by atoms with Crippen molar-refractivity contribution in [2.75, 3.05) is 70.2 Å². The van der Waals surface area contributed by atoms with Gasteiger partial charge in [-0.25, -0.2) is 0 Å². The lowest BCUT2D eigenvalue weighted by atomic mass is 10.1. The van der Waals surface area contributed by atoms with Crippen molar-refractivity contribution in [1.82, 2.24) is 9.80 Å². The fourth-order valence-corrected chi connectivity index (χ4v) is 4.70. The van der Waals surface area contributed by atoms with Crippen LogP contribution in [0.15, 0.2) is 36.4 Å². The summed E-state index contributed by atoms with van der Waals surface area (Å²) in [4.78, 5) is 19.7. The van der Waals surface area contributed by atoms with Gasteiger partial charge in [0.2, 0.25) is 5.91 Å². The Morgan fingerprint density at radius 1 is 0.879 bits per heavy atom. The Morgan fingerprint density at radius 2 is 1.58 bits per heavy atom. The third-order valence-corrected chi connectivity index (χ3v) is 6.64. The molecule has 178 valence electrons. The molecule has 2 fully saturated rings. The Balaban J connectivity index is 1.24. The van der Waals surface area contributed by atoms with Gasteiger partial charge in [0.1, 0.15) is 0 Å². The van der Waals surface area contributed by atoms with E-state index in [1.165, 1.54) is 24.1 Å². The monoisotopic (exact) mass is 452 g/mol. The molecule has 0 spiro atoms. The molecule has 2 aliphatic rings. The first-order valence-electron chi connectivity index (χ1n) is 11.9. The Morgan fingerprint density at radius 3 is 2.24 bits per heavy atom. The molecule has 1 N–H and O–H groups in total. The van der Waals surface area contributed by atoms with Crippen molar-refractivity contribution in [2.45, 2.75) is 26.3 Å². The van der Waals surface area contributed by atoms with Crippen molar-refractivity contribution in [1.29, 1.82) is 0 Å². The van der Waals surface area contributed by atoms with E-state index in [2.05, 4.69) is 45.1 Å². The lowest BCUT2D eigenvalue weighted by Crippen LogP contribution is -2.48. The lowest BCUT2D eigenvalue weighted by Gasteiger charge is -2.34. The standard InChI is InChI=1S/C26H36N4O3/c1-20-16-22(30-10-4-5-11-30)7-8-23(20)27-26(31)19-29-14-12-28(13-15-29)18-21-6-9-24(32-2)25(17-21)33-3/h6-9,16-17H,4-5,10-15,18-19H2,1-3H3,(H,27,31). The van der Waals surface area contributed by atoms with Crippen LogP contribution < -0.4 is 19.7 Å². The third kappa shape index (κ3) is 5.97. The van der Waals surface area contributed by atoms with Gasteiger partial charge in [-0.05, 0) is 61.2 Å². The van der Waals surface area contributed by atoms with Crippen LogP contribution in [0.3, 0.4) is 0 Å². The van der Waals surface area contributed by atoms with Crippen molar-refractivity contribution in [2.24, 2.45) is 0 Å². The van der Waals surface area contributed by atoms with E-state index in [-0.39, 0.29) is 5.91 Å². The number of amides is 1.